The average Bonchev–Trinajstić information content (AvgIpc) is 3.19. The van der Waals surface area contributed by atoms with Gasteiger partial charge in [0.05, 0.1) is 87.3 Å². The van der Waals surface area contributed by atoms with E-state index in [0.29, 0.717) is 94.4 Å². The average molecular weight is 734 g/mol. The van der Waals surface area contributed by atoms with Crippen molar-refractivity contribution in [2.75, 3.05) is 74.5 Å². The Morgan fingerprint density at radius 3 is 1.52 bits per heavy atom. The Hall–Kier alpha value is -5.11. The largest absolute Gasteiger partial charge is 0.493 e. The van der Waals surface area contributed by atoms with E-state index in [2.05, 4.69) is 4.98 Å². The first kappa shape index (κ1) is 38.1. The number of methoxy groups -OCH3 is 7. The predicted molar refractivity (Wildman–Crippen MR) is 201 cm³/mol. The molecular formula is C39H45N2O10S+. The van der Waals surface area contributed by atoms with Crippen molar-refractivity contribution in [1.82, 2.24) is 9.55 Å². The fourth-order valence-electron chi connectivity index (χ4n) is 5.89. The van der Waals surface area contributed by atoms with Crippen LogP contribution in [0.3, 0.4) is 0 Å². The van der Waals surface area contributed by atoms with Gasteiger partial charge in [0.15, 0.2) is 34.4 Å². The molecule has 276 valence electrons. The normalized spacial score (nSPS) is 11.1. The molecule has 3 aromatic carbocycles. The molecule has 0 saturated heterocycles. The van der Waals surface area contributed by atoms with Crippen LogP contribution < -0.4 is 38.7 Å². The molecule has 0 radical (unpaired) electrons. The molecule has 5 rings (SSSR count). The molecule has 0 aliphatic carbocycles. The van der Waals surface area contributed by atoms with E-state index in [0.717, 1.165) is 16.5 Å². The molecule has 12 nitrogen and oxygen atoms in total. The fraction of sp³-hybridized carbons (Fsp3) is 0.333. The van der Waals surface area contributed by atoms with Gasteiger partial charge in [-0.2, -0.15) is 0 Å². The lowest BCUT2D eigenvalue weighted by Crippen LogP contribution is -2.31. The second-order valence-electron chi connectivity index (χ2n) is 11.3. The van der Waals surface area contributed by atoms with Gasteiger partial charge in [-0.25, -0.2) is 4.98 Å². The van der Waals surface area contributed by atoms with Crippen molar-refractivity contribution in [2.24, 2.45) is 0 Å². The van der Waals surface area contributed by atoms with Crippen molar-refractivity contribution >= 4 is 21.9 Å². The molecule has 0 atom stereocenters. The van der Waals surface area contributed by atoms with Crippen molar-refractivity contribution in [3.63, 3.8) is 0 Å². The molecule has 2 aromatic heterocycles. The van der Waals surface area contributed by atoms with Gasteiger partial charge in [0.1, 0.15) is 11.5 Å². The third-order valence-corrected chi connectivity index (χ3v) is 10.5. The number of benzene rings is 3. The highest BCUT2D eigenvalue weighted by molar-refractivity contribution is 7.97. The number of aromatic nitrogens is 2. The summed E-state index contributed by atoms with van der Waals surface area (Å²) >= 11 is 0. The number of ether oxygens (including phenoxy) is 9. The Morgan fingerprint density at radius 2 is 1.08 bits per heavy atom. The first-order chi connectivity index (χ1) is 25.4. The van der Waals surface area contributed by atoms with Crippen LogP contribution in [0.15, 0.2) is 82.6 Å². The van der Waals surface area contributed by atoms with E-state index in [1.54, 1.807) is 60.5 Å². The minimum Gasteiger partial charge on any atom is -0.493 e. The molecule has 0 spiro atoms. The molecule has 0 aliphatic rings. The van der Waals surface area contributed by atoms with E-state index in [1.807, 2.05) is 66.7 Å². The quantitative estimate of drug-likeness (QED) is 0.0751. The number of rotatable bonds is 19. The lowest BCUT2D eigenvalue weighted by Gasteiger charge is -2.17. The van der Waals surface area contributed by atoms with E-state index in [1.165, 1.54) is 0 Å². The van der Waals surface area contributed by atoms with Crippen LogP contribution in [0.5, 0.6) is 40.2 Å². The molecule has 0 amide bonds. The van der Waals surface area contributed by atoms with Crippen molar-refractivity contribution in [3.8, 4) is 45.9 Å². The second kappa shape index (κ2) is 18.4. The van der Waals surface area contributed by atoms with E-state index in [4.69, 9.17) is 42.6 Å². The summed E-state index contributed by atoms with van der Waals surface area (Å²) < 4.78 is 53.1. The van der Waals surface area contributed by atoms with Crippen LogP contribution in [-0.2, 0) is 33.6 Å². The van der Waals surface area contributed by atoms with Crippen LogP contribution in [0.4, 0.5) is 0 Å². The number of nitrogens with zero attached hydrogens (tertiary/aromatic N) is 2. The maximum atomic E-state index is 14.6. The third kappa shape index (κ3) is 8.33. The highest BCUT2D eigenvalue weighted by Crippen LogP contribution is 2.39. The number of para-hydroxylation sites is 1. The van der Waals surface area contributed by atoms with Gasteiger partial charge in [-0.1, -0.05) is 18.2 Å². The molecule has 0 aliphatic heterocycles. The summed E-state index contributed by atoms with van der Waals surface area (Å²) in [4.78, 5) is 19.8. The molecule has 0 saturated carbocycles. The Balaban J connectivity index is 1.45. The monoisotopic (exact) mass is 733 g/mol. The van der Waals surface area contributed by atoms with Crippen molar-refractivity contribution in [2.45, 2.75) is 18.1 Å². The minimum atomic E-state index is -0.676. The van der Waals surface area contributed by atoms with Gasteiger partial charge in [0, 0.05) is 17.1 Å². The van der Waals surface area contributed by atoms with Crippen LogP contribution >= 0.6 is 0 Å². The zero-order chi connectivity index (χ0) is 37.0. The van der Waals surface area contributed by atoms with Crippen molar-refractivity contribution < 1.29 is 42.6 Å². The zero-order valence-corrected chi connectivity index (χ0v) is 31.4. The summed E-state index contributed by atoms with van der Waals surface area (Å²) in [7, 11) is 10.3. The maximum Gasteiger partial charge on any atom is 0.316 e. The molecule has 0 bridgehead atoms. The summed E-state index contributed by atoms with van der Waals surface area (Å²) in [5.74, 6) is 4.75. The fourth-order valence-corrected chi connectivity index (χ4v) is 7.93. The van der Waals surface area contributed by atoms with Crippen molar-refractivity contribution in [3.05, 3.63) is 94.4 Å². The van der Waals surface area contributed by atoms with Gasteiger partial charge in [-0.3, -0.25) is 9.36 Å². The molecule has 0 N–H and O–H groups in total. The lowest BCUT2D eigenvalue weighted by molar-refractivity contribution is 0.132. The molecule has 5 aromatic rings. The Labute approximate surface area is 306 Å². The Kier molecular flexibility index (Phi) is 13.5. The zero-order valence-electron chi connectivity index (χ0n) is 30.6. The summed E-state index contributed by atoms with van der Waals surface area (Å²) in [6.45, 7) is 1.29. The molecule has 0 unspecified atom stereocenters. The van der Waals surface area contributed by atoms with E-state index >= 15 is 0 Å². The number of fused-ring (bicyclic) bond motifs is 1. The first-order valence-electron chi connectivity index (χ1n) is 16.5. The van der Waals surface area contributed by atoms with Crippen LogP contribution in [0.25, 0.3) is 16.7 Å². The summed E-state index contributed by atoms with van der Waals surface area (Å²) in [5, 5.41) is 0.734. The molecule has 13 heteroatoms. The predicted octanol–water partition coefficient (Wildman–Crippen LogP) is 5.86. The highest BCUT2D eigenvalue weighted by Gasteiger charge is 2.34. The van der Waals surface area contributed by atoms with Crippen LogP contribution in [-0.4, -0.2) is 84.0 Å². The summed E-state index contributed by atoms with van der Waals surface area (Å²) in [6.07, 6.45) is 1.67. The summed E-state index contributed by atoms with van der Waals surface area (Å²) in [6, 6.07) is 20.7. The second-order valence-corrected chi connectivity index (χ2v) is 13.5. The van der Waals surface area contributed by atoms with Crippen molar-refractivity contribution in [1.29, 1.82) is 0 Å². The van der Waals surface area contributed by atoms with E-state index in [-0.39, 0.29) is 5.56 Å². The number of pyridine rings is 2. The molecule has 2 heterocycles. The summed E-state index contributed by atoms with van der Waals surface area (Å²) in [5.41, 5.74) is 2.72. The number of hydrogen-bond acceptors (Lipinski definition) is 11. The maximum absolute atomic E-state index is 14.6. The Bertz CT molecular complexity index is 1880. The van der Waals surface area contributed by atoms with Gasteiger partial charge in [-0.15, -0.1) is 0 Å². The van der Waals surface area contributed by atoms with Gasteiger partial charge in [-0.05, 0) is 59.7 Å². The topological polar surface area (TPSA) is 118 Å². The van der Waals surface area contributed by atoms with E-state index < -0.39 is 10.9 Å². The first-order valence-corrected chi connectivity index (χ1v) is 18.0. The Morgan fingerprint density at radius 1 is 0.596 bits per heavy atom. The van der Waals surface area contributed by atoms with Crippen LogP contribution in [0.2, 0.25) is 0 Å². The highest BCUT2D eigenvalue weighted by atomic mass is 32.2. The number of hydrogen-bond donors (Lipinski definition) is 0. The van der Waals surface area contributed by atoms with Crippen LogP contribution in [0, 0.1) is 0 Å². The van der Waals surface area contributed by atoms with Crippen LogP contribution in [0.1, 0.15) is 11.1 Å². The van der Waals surface area contributed by atoms with Gasteiger partial charge in [0.25, 0.3) is 4.90 Å². The molecule has 52 heavy (non-hydrogen) atoms. The minimum absolute atomic E-state index is 0.202. The SMILES string of the molecule is COc1cc(COCC[S+](CCOCc2cc(OC)c(OC)c(OC)c2)c2c(OC)c3cccnc3n(-c3ccccc3)c2=O)cc(OC)c1OC. The lowest BCUT2D eigenvalue weighted by atomic mass is 10.2. The van der Waals surface area contributed by atoms with Gasteiger partial charge >= 0.3 is 5.56 Å². The van der Waals surface area contributed by atoms with Gasteiger partial charge in [0.2, 0.25) is 11.5 Å². The third-order valence-electron chi connectivity index (χ3n) is 8.29. The van der Waals surface area contributed by atoms with Gasteiger partial charge < -0.3 is 42.6 Å². The smallest absolute Gasteiger partial charge is 0.316 e. The standard InChI is InChI=1S/C39H45N2O10S/c1-43-30-20-26(21-31(44-2)35(30)48-6)24-50-16-18-52(19-17-51-25-27-22-32(45-3)36(49-7)33(23-27)46-4)37-34(47-5)29-14-11-15-40-38(29)41(39(37)42)28-12-9-8-10-13-28/h8-15,20-23H,16-19,24-25H2,1-7H3/q+1. The molecular weight excluding hydrogens is 689 g/mol. The van der Waals surface area contributed by atoms with E-state index in [9.17, 15) is 4.79 Å². The molecule has 0 fully saturated rings.